The maximum Gasteiger partial charge on any atom is 0.215 e. The first-order valence-corrected chi connectivity index (χ1v) is 7.98. The van der Waals surface area contributed by atoms with Crippen LogP contribution in [0.25, 0.3) is 6.08 Å². The van der Waals surface area contributed by atoms with Gasteiger partial charge in [0, 0.05) is 25.3 Å². The van der Waals surface area contributed by atoms with E-state index in [0.29, 0.717) is 11.3 Å². The molecule has 1 fully saturated rings. The van der Waals surface area contributed by atoms with Gasteiger partial charge in [0.1, 0.15) is 17.3 Å². The first-order valence-electron chi connectivity index (χ1n) is 7.98. The molecule has 6 heteroatoms. The average molecular weight is 323 g/mol. The Morgan fingerprint density at radius 2 is 2.08 bits per heavy atom. The molecule has 0 unspecified atom stereocenters. The van der Waals surface area contributed by atoms with Gasteiger partial charge in [0.05, 0.1) is 5.56 Å². The first kappa shape index (κ1) is 16.1. The summed E-state index contributed by atoms with van der Waals surface area (Å²) in [6, 6.07) is 7.38. The molecule has 124 valence electrons. The van der Waals surface area contributed by atoms with Crippen molar-refractivity contribution in [3.63, 3.8) is 0 Å². The summed E-state index contributed by atoms with van der Waals surface area (Å²) in [5.74, 6) is 0.750. The van der Waals surface area contributed by atoms with Crippen molar-refractivity contribution in [2.45, 2.75) is 18.9 Å². The third-order valence-electron chi connectivity index (χ3n) is 4.25. The number of nitrogens with zero attached hydrogens (tertiary/aromatic N) is 3. The van der Waals surface area contributed by atoms with Gasteiger partial charge < -0.3 is 16.4 Å². The molecule has 0 radical (unpaired) electrons. The number of carbonyl (C=O) groups is 1. The van der Waals surface area contributed by atoms with Gasteiger partial charge >= 0.3 is 0 Å². The number of ketones is 1. The number of piperidine rings is 1. The van der Waals surface area contributed by atoms with Crippen molar-refractivity contribution in [2.75, 3.05) is 23.7 Å². The number of aromatic nitrogens is 2. The van der Waals surface area contributed by atoms with Gasteiger partial charge in [-0.05, 0) is 36.6 Å². The number of nitrogen functional groups attached to an aromatic ring is 1. The number of hydrogen-bond acceptors (Lipinski definition) is 6. The minimum Gasteiger partial charge on any atom is -0.383 e. The molecule has 0 spiro atoms. The van der Waals surface area contributed by atoms with Crippen molar-refractivity contribution in [1.82, 2.24) is 9.97 Å². The molecule has 6 nitrogen and oxygen atoms in total. The van der Waals surface area contributed by atoms with Gasteiger partial charge in [-0.3, -0.25) is 4.79 Å². The van der Waals surface area contributed by atoms with E-state index in [-0.39, 0.29) is 17.6 Å². The molecular formula is C18H21N5O. The van der Waals surface area contributed by atoms with E-state index in [9.17, 15) is 4.79 Å². The molecule has 2 aromatic heterocycles. The lowest BCUT2D eigenvalue weighted by atomic mass is 10.1. The molecule has 24 heavy (non-hydrogen) atoms. The molecule has 0 aliphatic carbocycles. The SMILES string of the molecule is C=Cc1cnc(N)c(C(=O)c2cccc(N3CCC(N)CC3)n2)c1. The van der Waals surface area contributed by atoms with Crippen LogP contribution in [0.2, 0.25) is 0 Å². The maximum absolute atomic E-state index is 12.8. The fraction of sp³-hybridized carbons (Fsp3) is 0.278. The summed E-state index contributed by atoms with van der Waals surface area (Å²) in [5, 5.41) is 0. The molecule has 0 saturated carbocycles. The van der Waals surface area contributed by atoms with Crippen molar-refractivity contribution in [2.24, 2.45) is 5.73 Å². The molecule has 3 rings (SSSR count). The second-order valence-electron chi connectivity index (χ2n) is 5.94. The number of pyridine rings is 2. The van der Waals surface area contributed by atoms with E-state index in [2.05, 4.69) is 21.4 Å². The summed E-state index contributed by atoms with van der Waals surface area (Å²) in [6.45, 7) is 5.39. The second kappa shape index (κ2) is 6.80. The van der Waals surface area contributed by atoms with Gasteiger partial charge in [-0.25, -0.2) is 9.97 Å². The Morgan fingerprint density at radius 1 is 1.33 bits per heavy atom. The fourth-order valence-corrected chi connectivity index (χ4v) is 2.78. The zero-order chi connectivity index (χ0) is 17.1. The summed E-state index contributed by atoms with van der Waals surface area (Å²) in [4.78, 5) is 23.5. The molecule has 1 aliphatic rings. The van der Waals surface area contributed by atoms with E-state index < -0.39 is 0 Å². The predicted molar refractivity (Wildman–Crippen MR) is 95.8 cm³/mol. The van der Waals surface area contributed by atoms with Crippen LogP contribution in [0.3, 0.4) is 0 Å². The molecule has 0 aromatic carbocycles. The summed E-state index contributed by atoms with van der Waals surface area (Å²) in [7, 11) is 0. The van der Waals surface area contributed by atoms with Gasteiger partial charge in [-0.15, -0.1) is 0 Å². The highest BCUT2D eigenvalue weighted by molar-refractivity contribution is 6.10. The lowest BCUT2D eigenvalue weighted by Gasteiger charge is -2.31. The van der Waals surface area contributed by atoms with Gasteiger partial charge in [0.15, 0.2) is 0 Å². The minimum atomic E-state index is -0.237. The third-order valence-corrected chi connectivity index (χ3v) is 4.25. The standard InChI is InChI=1S/C18H21N5O/c1-2-12-10-14(18(20)21-11-12)17(24)15-4-3-5-16(22-15)23-8-6-13(19)7-9-23/h2-5,10-11,13H,1,6-9,19H2,(H2,20,21). The Hall–Kier alpha value is -2.73. The van der Waals surface area contributed by atoms with Gasteiger partial charge in [0.25, 0.3) is 0 Å². The van der Waals surface area contributed by atoms with Crippen LogP contribution in [0.4, 0.5) is 11.6 Å². The van der Waals surface area contributed by atoms with E-state index in [1.54, 1.807) is 24.4 Å². The minimum absolute atomic E-state index is 0.196. The molecule has 1 aliphatic heterocycles. The van der Waals surface area contributed by atoms with E-state index >= 15 is 0 Å². The van der Waals surface area contributed by atoms with Crippen LogP contribution in [0.1, 0.15) is 34.5 Å². The topological polar surface area (TPSA) is 98.1 Å². The van der Waals surface area contributed by atoms with Crippen LogP contribution >= 0.6 is 0 Å². The summed E-state index contributed by atoms with van der Waals surface area (Å²) >= 11 is 0. The quantitative estimate of drug-likeness (QED) is 0.833. The van der Waals surface area contributed by atoms with Crippen LogP contribution in [0.15, 0.2) is 37.0 Å². The highest BCUT2D eigenvalue weighted by Gasteiger charge is 2.20. The van der Waals surface area contributed by atoms with Crippen LogP contribution < -0.4 is 16.4 Å². The normalized spacial score (nSPS) is 15.3. The van der Waals surface area contributed by atoms with Crippen molar-refractivity contribution in [3.05, 3.63) is 53.9 Å². The maximum atomic E-state index is 12.8. The zero-order valence-electron chi connectivity index (χ0n) is 13.5. The van der Waals surface area contributed by atoms with E-state index in [4.69, 9.17) is 11.5 Å². The van der Waals surface area contributed by atoms with E-state index in [1.165, 1.54) is 0 Å². The summed E-state index contributed by atoms with van der Waals surface area (Å²) in [6.07, 6.45) is 5.07. The van der Waals surface area contributed by atoms with Crippen LogP contribution in [0.5, 0.6) is 0 Å². The molecule has 3 heterocycles. The number of hydrogen-bond donors (Lipinski definition) is 2. The zero-order valence-corrected chi connectivity index (χ0v) is 13.5. The largest absolute Gasteiger partial charge is 0.383 e. The van der Waals surface area contributed by atoms with Crippen LogP contribution in [-0.4, -0.2) is 34.9 Å². The van der Waals surface area contributed by atoms with Crippen molar-refractivity contribution in [3.8, 4) is 0 Å². The number of carbonyl (C=O) groups excluding carboxylic acids is 1. The van der Waals surface area contributed by atoms with Crippen LogP contribution in [0, 0.1) is 0 Å². The molecule has 4 N–H and O–H groups in total. The summed E-state index contributed by atoms with van der Waals surface area (Å²) < 4.78 is 0. The smallest absolute Gasteiger partial charge is 0.215 e. The lowest BCUT2D eigenvalue weighted by Crippen LogP contribution is -2.40. The third kappa shape index (κ3) is 3.28. The highest BCUT2D eigenvalue weighted by Crippen LogP contribution is 2.20. The van der Waals surface area contributed by atoms with Crippen molar-refractivity contribution >= 4 is 23.5 Å². The lowest BCUT2D eigenvalue weighted by molar-refractivity contribution is 0.103. The highest BCUT2D eigenvalue weighted by atomic mass is 16.1. The molecule has 1 saturated heterocycles. The molecule has 0 bridgehead atoms. The molecule has 0 atom stereocenters. The van der Waals surface area contributed by atoms with Gasteiger partial charge in [0.2, 0.25) is 5.78 Å². The Bertz CT molecular complexity index is 766. The van der Waals surface area contributed by atoms with E-state index in [0.717, 1.165) is 37.3 Å². The van der Waals surface area contributed by atoms with Gasteiger partial charge in [-0.1, -0.05) is 18.7 Å². The van der Waals surface area contributed by atoms with E-state index in [1.807, 2.05) is 12.1 Å². The number of anilines is 2. The number of rotatable bonds is 4. The first-order chi connectivity index (χ1) is 11.6. The average Bonchev–Trinajstić information content (AvgIpc) is 2.62. The van der Waals surface area contributed by atoms with Gasteiger partial charge in [-0.2, -0.15) is 0 Å². The second-order valence-corrected chi connectivity index (χ2v) is 5.94. The Labute approximate surface area is 141 Å². The van der Waals surface area contributed by atoms with Crippen LogP contribution in [-0.2, 0) is 0 Å². The monoisotopic (exact) mass is 323 g/mol. The summed E-state index contributed by atoms with van der Waals surface area (Å²) in [5.41, 5.74) is 13.3. The number of nitrogens with two attached hydrogens (primary N) is 2. The Balaban J connectivity index is 1.88. The molecular weight excluding hydrogens is 302 g/mol. The Kier molecular flexibility index (Phi) is 4.57. The fourth-order valence-electron chi connectivity index (χ4n) is 2.78. The van der Waals surface area contributed by atoms with Crippen molar-refractivity contribution in [1.29, 1.82) is 0 Å². The van der Waals surface area contributed by atoms with Crippen molar-refractivity contribution < 1.29 is 4.79 Å². The molecule has 0 amide bonds. The Morgan fingerprint density at radius 3 is 2.79 bits per heavy atom. The predicted octanol–water partition coefficient (Wildman–Crippen LogP) is 1.86. The molecule has 2 aromatic rings.